The van der Waals surface area contributed by atoms with Gasteiger partial charge in [0.2, 0.25) is 0 Å². The van der Waals surface area contributed by atoms with Crippen LogP contribution in [-0.2, 0) is 0 Å². The first kappa shape index (κ1) is 34.6. The Balaban J connectivity index is 3.84. The number of aliphatic hydroxyl groups excluding tert-OH is 3. The van der Waals surface area contributed by atoms with Gasteiger partial charge in [-0.2, -0.15) is 0 Å². The fraction of sp³-hybridized carbons (Fsp3) is 0.935. The summed E-state index contributed by atoms with van der Waals surface area (Å²) in [6, 6.07) is 0. The predicted octanol–water partition coefficient (Wildman–Crippen LogP) is 7.86. The fourth-order valence-corrected chi connectivity index (χ4v) is 5.10. The van der Waals surface area contributed by atoms with Crippen molar-refractivity contribution in [2.45, 2.75) is 160 Å². The third kappa shape index (κ3) is 23.7. The van der Waals surface area contributed by atoms with Crippen molar-refractivity contribution < 1.29 is 20.4 Å². The zero-order chi connectivity index (χ0) is 25.9. The number of hydrogen-bond donors (Lipinski definition) is 4. The van der Waals surface area contributed by atoms with Gasteiger partial charge in [-0.3, -0.25) is 0 Å². The van der Waals surface area contributed by atoms with Crippen molar-refractivity contribution in [1.29, 1.82) is 0 Å². The van der Waals surface area contributed by atoms with Crippen molar-refractivity contribution >= 4 is 0 Å². The molecule has 0 radical (unpaired) electrons. The van der Waals surface area contributed by atoms with Crippen molar-refractivity contribution in [1.82, 2.24) is 0 Å². The molecule has 210 valence electrons. The van der Waals surface area contributed by atoms with Gasteiger partial charge in [0, 0.05) is 19.8 Å². The minimum absolute atomic E-state index is 0.213. The first-order valence-electron chi connectivity index (χ1n) is 15.3. The summed E-state index contributed by atoms with van der Waals surface area (Å²) in [6.45, 7) is 2.85. The lowest BCUT2D eigenvalue weighted by molar-refractivity contribution is -0.0204. The van der Waals surface area contributed by atoms with Gasteiger partial charge >= 0.3 is 0 Å². The van der Waals surface area contributed by atoms with Gasteiger partial charge in [0.15, 0.2) is 0 Å². The van der Waals surface area contributed by atoms with Crippen LogP contribution in [0.1, 0.15) is 155 Å². The predicted molar refractivity (Wildman–Crippen MR) is 151 cm³/mol. The van der Waals surface area contributed by atoms with Gasteiger partial charge < -0.3 is 20.4 Å². The van der Waals surface area contributed by atoms with Crippen molar-refractivity contribution in [2.24, 2.45) is 5.92 Å². The Morgan fingerprint density at radius 3 is 1.26 bits per heavy atom. The van der Waals surface area contributed by atoms with E-state index in [1.165, 1.54) is 83.5 Å². The van der Waals surface area contributed by atoms with Crippen molar-refractivity contribution in [3.05, 3.63) is 12.2 Å². The lowest BCUT2D eigenvalue weighted by atomic mass is 9.78. The third-order valence-corrected chi connectivity index (χ3v) is 7.55. The third-order valence-electron chi connectivity index (χ3n) is 7.55. The van der Waals surface area contributed by atoms with Crippen LogP contribution in [0.4, 0.5) is 0 Å². The fourth-order valence-electron chi connectivity index (χ4n) is 5.10. The molecule has 4 heteroatoms. The molecule has 0 aromatic carbocycles. The number of rotatable bonds is 28. The quantitative estimate of drug-likeness (QED) is 0.0653. The van der Waals surface area contributed by atoms with E-state index in [4.69, 9.17) is 15.3 Å². The van der Waals surface area contributed by atoms with E-state index in [9.17, 15) is 5.11 Å². The highest BCUT2D eigenvalue weighted by Gasteiger charge is 2.30. The number of allylic oxidation sites excluding steroid dienone is 2. The second-order valence-electron chi connectivity index (χ2n) is 11.0. The molecule has 0 saturated carbocycles. The highest BCUT2D eigenvalue weighted by atomic mass is 16.3. The monoisotopic (exact) mass is 498 g/mol. The SMILES string of the molecule is CC(O)(CCCCO)C(CCCCCCO)CCCCCCCC/C=C\CCCCCCCCO. The molecule has 2 atom stereocenters. The van der Waals surface area contributed by atoms with Gasteiger partial charge in [0.1, 0.15) is 0 Å². The minimum atomic E-state index is -0.627. The van der Waals surface area contributed by atoms with E-state index >= 15 is 0 Å². The van der Waals surface area contributed by atoms with Crippen LogP contribution in [0.5, 0.6) is 0 Å². The second-order valence-corrected chi connectivity index (χ2v) is 11.0. The van der Waals surface area contributed by atoms with Crippen molar-refractivity contribution in [2.75, 3.05) is 19.8 Å². The molecule has 2 unspecified atom stereocenters. The van der Waals surface area contributed by atoms with E-state index in [1.54, 1.807) is 0 Å². The molecule has 0 bridgehead atoms. The minimum Gasteiger partial charge on any atom is -0.396 e. The maximum absolute atomic E-state index is 11.1. The molecule has 4 N–H and O–H groups in total. The Morgan fingerprint density at radius 1 is 0.486 bits per heavy atom. The van der Waals surface area contributed by atoms with Gasteiger partial charge in [-0.05, 0) is 83.5 Å². The molecule has 35 heavy (non-hydrogen) atoms. The topological polar surface area (TPSA) is 80.9 Å². The second kappa shape index (κ2) is 26.6. The number of hydrogen-bond acceptors (Lipinski definition) is 4. The van der Waals surface area contributed by atoms with Gasteiger partial charge in [-0.1, -0.05) is 89.2 Å². The molecule has 0 aliphatic heterocycles. The number of unbranched alkanes of at least 4 members (excludes halogenated alkanes) is 16. The summed E-state index contributed by atoms with van der Waals surface area (Å²) in [4.78, 5) is 0. The van der Waals surface area contributed by atoms with E-state index in [0.717, 1.165) is 64.2 Å². The zero-order valence-corrected chi connectivity index (χ0v) is 23.4. The van der Waals surface area contributed by atoms with Gasteiger partial charge in [0.25, 0.3) is 0 Å². The molecule has 0 spiro atoms. The average Bonchev–Trinajstić information content (AvgIpc) is 2.84. The van der Waals surface area contributed by atoms with E-state index in [0.29, 0.717) is 12.5 Å². The Bertz CT molecular complexity index is 436. The summed E-state index contributed by atoms with van der Waals surface area (Å²) in [5.41, 5.74) is -0.627. The standard InChI is InChI=1S/C31H62O4/c1-31(35,26-20-23-29-34)30(25-19-15-17-22-28-33)24-18-14-12-10-8-6-4-2-3-5-7-9-11-13-16-21-27-32/h2-3,30,32-35H,4-29H2,1H3/b3-2-. The highest BCUT2D eigenvalue weighted by molar-refractivity contribution is 4.83. The van der Waals surface area contributed by atoms with E-state index in [1.807, 2.05) is 6.92 Å². The number of aliphatic hydroxyl groups is 4. The van der Waals surface area contributed by atoms with Crippen LogP contribution in [0.2, 0.25) is 0 Å². The highest BCUT2D eigenvalue weighted by Crippen LogP contribution is 2.32. The van der Waals surface area contributed by atoms with Gasteiger partial charge in [-0.25, -0.2) is 0 Å². The van der Waals surface area contributed by atoms with Gasteiger partial charge in [-0.15, -0.1) is 0 Å². The van der Waals surface area contributed by atoms with Crippen LogP contribution in [0.15, 0.2) is 12.2 Å². The maximum atomic E-state index is 11.1. The summed E-state index contributed by atoms with van der Waals surface area (Å²) >= 11 is 0. The summed E-state index contributed by atoms with van der Waals surface area (Å²) < 4.78 is 0. The lowest BCUT2D eigenvalue weighted by Gasteiger charge is -2.33. The normalized spacial score (nSPS) is 14.5. The summed E-state index contributed by atoms with van der Waals surface area (Å²) in [7, 11) is 0. The molecule has 0 aliphatic carbocycles. The van der Waals surface area contributed by atoms with Crippen molar-refractivity contribution in [3.63, 3.8) is 0 Å². The molecule has 0 amide bonds. The molecule has 4 nitrogen and oxygen atoms in total. The van der Waals surface area contributed by atoms with Crippen LogP contribution in [0.25, 0.3) is 0 Å². The van der Waals surface area contributed by atoms with Crippen LogP contribution >= 0.6 is 0 Å². The Morgan fingerprint density at radius 2 is 0.829 bits per heavy atom. The molecule has 0 aromatic heterocycles. The molecular weight excluding hydrogens is 436 g/mol. The van der Waals surface area contributed by atoms with Crippen LogP contribution in [0, 0.1) is 5.92 Å². The lowest BCUT2D eigenvalue weighted by Crippen LogP contribution is -2.34. The first-order valence-corrected chi connectivity index (χ1v) is 15.3. The average molecular weight is 499 g/mol. The summed E-state index contributed by atoms with van der Waals surface area (Å²) in [5, 5.41) is 37.9. The Kier molecular flexibility index (Phi) is 26.3. The van der Waals surface area contributed by atoms with E-state index in [2.05, 4.69) is 12.2 Å². The van der Waals surface area contributed by atoms with E-state index in [-0.39, 0.29) is 13.2 Å². The zero-order valence-electron chi connectivity index (χ0n) is 23.4. The maximum Gasteiger partial charge on any atom is 0.0647 e. The molecular formula is C31H62O4. The molecule has 0 heterocycles. The van der Waals surface area contributed by atoms with Crippen LogP contribution in [0.3, 0.4) is 0 Å². The molecule has 0 aromatic rings. The Labute approximate surface area is 218 Å². The summed E-state index contributed by atoms with van der Waals surface area (Å²) in [5.74, 6) is 0.348. The van der Waals surface area contributed by atoms with E-state index < -0.39 is 5.60 Å². The first-order chi connectivity index (χ1) is 17.1. The largest absolute Gasteiger partial charge is 0.396 e. The smallest absolute Gasteiger partial charge is 0.0647 e. The Hall–Kier alpha value is -0.420. The molecule has 0 fully saturated rings. The molecule has 0 rings (SSSR count). The molecule has 0 saturated heterocycles. The molecule has 0 aliphatic rings. The van der Waals surface area contributed by atoms with Crippen LogP contribution < -0.4 is 0 Å². The summed E-state index contributed by atoms with van der Waals surface area (Å²) in [6.07, 6.45) is 31.1. The van der Waals surface area contributed by atoms with Gasteiger partial charge in [0.05, 0.1) is 5.60 Å². The van der Waals surface area contributed by atoms with Crippen LogP contribution in [-0.4, -0.2) is 45.8 Å². The van der Waals surface area contributed by atoms with Crippen molar-refractivity contribution in [3.8, 4) is 0 Å².